The molecule has 19 heteroatoms. The molecule has 0 heterocycles. The molecule has 0 aromatic heterocycles. The van der Waals surface area contributed by atoms with Gasteiger partial charge in [0, 0.05) is 25.7 Å². The van der Waals surface area contributed by atoms with Crippen LogP contribution in [0.3, 0.4) is 0 Å². The zero-order valence-corrected chi connectivity index (χ0v) is 65.2. The minimum absolute atomic E-state index is 0.108. The molecule has 17 nitrogen and oxygen atoms in total. The maximum atomic E-state index is 13.1. The Morgan fingerprint density at radius 2 is 0.474 bits per heavy atom. The number of phosphoric acid groups is 2. The van der Waals surface area contributed by atoms with Crippen LogP contribution < -0.4 is 0 Å². The molecule has 0 aromatic carbocycles. The normalized spacial score (nSPS) is 14.0. The first-order chi connectivity index (χ1) is 46.9. The second kappa shape index (κ2) is 69.8. The standard InChI is InChI=1S/C78H152O17P2/c1-7-9-11-13-15-17-18-24-32-38-44-50-56-62-77(82)94-73(66-88-75(80)60-54-48-42-34-16-14-12-10-8-2)68-92-96(84,85)90-64-72(79)65-91-97(86,87)93-69-74(67-89-76(81)61-55-49-43-37-31-28-23-26-30-36-41-47-53-59-71(5)6)95-78(83)63-57-51-45-39-33-27-22-20-19-21-25-29-35-40-46-52-58-70(3)4/h70-74,79H,7-69H2,1-6H3,(H,84,85)(H,86,87)/t72-,73+,74+/m0/s1. The summed E-state index contributed by atoms with van der Waals surface area (Å²) in [7, 11) is -9.91. The van der Waals surface area contributed by atoms with Crippen molar-refractivity contribution >= 4 is 39.5 Å². The molecular formula is C78H152O17P2. The Bertz CT molecular complexity index is 1870. The number of unbranched alkanes of at least 4 members (excludes halogenated alkanes) is 47. The highest BCUT2D eigenvalue weighted by atomic mass is 31.2. The molecule has 3 N–H and O–H groups in total. The molecule has 0 aliphatic rings. The van der Waals surface area contributed by atoms with Gasteiger partial charge in [-0.15, -0.1) is 0 Å². The summed E-state index contributed by atoms with van der Waals surface area (Å²) in [6, 6.07) is 0. The van der Waals surface area contributed by atoms with Crippen molar-refractivity contribution in [3.05, 3.63) is 0 Å². The van der Waals surface area contributed by atoms with E-state index < -0.39 is 97.5 Å². The Hall–Kier alpha value is -1.94. The number of hydrogen-bond donors (Lipinski definition) is 3. The monoisotopic (exact) mass is 1420 g/mol. The van der Waals surface area contributed by atoms with Crippen molar-refractivity contribution < 1.29 is 80.2 Å². The lowest BCUT2D eigenvalue weighted by Gasteiger charge is -2.21. The van der Waals surface area contributed by atoms with Crippen LogP contribution in [0.4, 0.5) is 0 Å². The van der Waals surface area contributed by atoms with Crippen LogP contribution in [0.1, 0.15) is 408 Å². The van der Waals surface area contributed by atoms with Gasteiger partial charge in [0.1, 0.15) is 19.3 Å². The zero-order valence-electron chi connectivity index (χ0n) is 63.4. The van der Waals surface area contributed by atoms with Crippen molar-refractivity contribution in [3.63, 3.8) is 0 Å². The summed E-state index contributed by atoms with van der Waals surface area (Å²) in [6.07, 6.45) is 58.2. The van der Waals surface area contributed by atoms with Gasteiger partial charge in [-0.25, -0.2) is 9.13 Å². The van der Waals surface area contributed by atoms with E-state index in [-0.39, 0.29) is 25.7 Å². The van der Waals surface area contributed by atoms with E-state index in [1.807, 2.05) is 0 Å². The third-order valence-electron chi connectivity index (χ3n) is 18.2. The van der Waals surface area contributed by atoms with E-state index >= 15 is 0 Å². The van der Waals surface area contributed by atoms with Gasteiger partial charge in [0.2, 0.25) is 0 Å². The van der Waals surface area contributed by atoms with Crippen LogP contribution in [0.15, 0.2) is 0 Å². The largest absolute Gasteiger partial charge is 0.472 e. The van der Waals surface area contributed by atoms with Crippen LogP contribution in [-0.4, -0.2) is 96.7 Å². The maximum absolute atomic E-state index is 13.1. The summed E-state index contributed by atoms with van der Waals surface area (Å²) in [6.45, 7) is 9.65. The molecule has 0 radical (unpaired) electrons. The van der Waals surface area contributed by atoms with Crippen molar-refractivity contribution in [2.24, 2.45) is 11.8 Å². The lowest BCUT2D eigenvalue weighted by Crippen LogP contribution is -2.30. The van der Waals surface area contributed by atoms with Gasteiger partial charge in [-0.1, -0.05) is 356 Å². The van der Waals surface area contributed by atoms with E-state index in [2.05, 4.69) is 41.5 Å². The third-order valence-corrected chi connectivity index (χ3v) is 20.1. The first-order valence-corrected chi connectivity index (χ1v) is 43.5. The summed E-state index contributed by atoms with van der Waals surface area (Å²) >= 11 is 0. The summed E-state index contributed by atoms with van der Waals surface area (Å²) in [5, 5.41) is 10.6. The molecule has 0 bridgehead atoms. The summed E-state index contributed by atoms with van der Waals surface area (Å²) < 4.78 is 68.6. The summed E-state index contributed by atoms with van der Waals surface area (Å²) in [5.41, 5.74) is 0. The minimum atomic E-state index is -4.96. The SMILES string of the molecule is CCCCCCCCCCCCCCCC(=O)O[C@H](COC(=O)CCCCCCCCCCC)COP(=O)(O)OC[C@H](O)COP(=O)(O)OC[C@@H](COC(=O)CCCCCCCCCCCCCCCC(C)C)OC(=O)CCCCCCCCCCCCCCCCCCC(C)C. The fourth-order valence-electron chi connectivity index (χ4n) is 12.0. The van der Waals surface area contributed by atoms with Crippen molar-refractivity contribution in [1.29, 1.82) is 0 Å². The first-order valence-electron chi connectivity index (χ1n) is 40.5. The van der Waals surface area contributed by atoms with Gasteiger partial charge in [-0.3, -0.25) is 37.3 Å². The molecule has 0 saturated heterocycles. The lowest BCUT2D eigenvalue weighted by molar-refractivity contribution is -0.161. The Morgan fingerprint density at radius 1 is 0.278 bits per heavy atom. The number of phosphoric ester groups is 2. The fraction of sp³-hybridized carbons (Fsp3) is 0.949. The van der Waals surface area contributed by atoms with Gasteiger partial charge in [0.05, 0.1) is 26.4 Å². The molecule has 2 unspecified atom stereocenters. The number of ether oxygens (including phenoxy) is 4. The number of aliphatic hydroxyl groups excluding tert-OH is 1. The Morgan fingerprint density at radius 3 is 0.701 bits per heavy atom. The average molecular weight is 1420 g/mol. The van der Waals surface area contributed by atoms with Crippen molar-refractivity contribution in [1.82, 2.24) is 0 Å². The van der Waals surface area contributed by atoms with Gasteiger partial charge >= 0.3 is 39.5 Å². The molecular weight excluding hydrogens is 1270 g/mol. The number of carbonyl (C=O) groups is 4. The number of aliphatic hydroxyl groups is 1. The van der Waals surface area contributed by atoms with E-state index in [1.165, 1.54) is 225 Å². The molecule has 0 rings (SSSR count). The highest BCUT2D eigenvalue weighted by molar-refractivity contribution is 7.47. The minimum Gasteiger partial charge on any atom is -0.462 e. The van der Waals surface area contributed by atoms with Gasteiger partial charge in [-0.05, 0) is 37.5 Å². The first kappa shape index (κ1) is 95.1. The van der Waals surface area contributed by atoms with Crippen LogP contribution >= 0.6 is 15.6 Å². The fourth-order valence-corrected chi connectivity index (χ4v) is 13.6. The second-order valence-electron chi connectivity index (χ2n) is 29.1. The Balaban J connectivity index is 5.22. The van der Waals surface area contributed by atoms with Crippen LogP contribution in [0.25, 0.3) is 0 Å². The predicted molar refractivity (Wildman–Crippen MR) is 395 cm³/mol. The average Bonchev–Trinajstić information content (AvgIpc) is 1.11. The number of carbonyl (C=O) groups excluding carboxylic acids is 4. The molecule has 0 saturated carbocycles. The Kier molecular flexibility index (Phi) is 68.4. The van der Waals surface area contributed by atoms with Gasteiger partial charge < -0.3 is 33.8 Å². The Labute approximate surface area is 594 Å². The smallest absolute Gasteiger partial charge is 0.462 e. The molecule has 97 heavy (non-hydrogen) atoms. The van der Waals surface area contributed by atoms with E-state index in [0.29, 0.717) is 25.7 Å². The molecule has 0 fully saturated rings. The van der Waals surface area contributed by atoms with Crippen LogP contribution in [0.2, 0.25) is 0 Å². The van der Waals surface area contributed by atoms with Crippen molar-refractivity contribution in [2.75, 3.05) is 39.6 Å². The molecule has 0 spiro atoms. The van der Waals surface area contributed by atoms with E-state index in [0.717, 1.165) is 102 Å². The van der Waals surface area contributed by atoms with Gasteiger partial charge in [0.25, 0.3) is 0 Å². The summed E-state index contributed by atoms with van der Waals surface area (Å²) in [4.78, 5) is 72.8. The van der Waals surface area contributed by atoms with Crippen molar-refractivity contribution in [3.8, 4) is 0 Å². The molecule has 5 atom stereocenters. The van der Waals surface area contributed by atoms with Crippen LogP contribution in [-0.2, 0) is 65.4 Å². The molecule has 0 aromatic rings. The number of hydrogen-bond acceptors (Lipinski definition) is 15. The topological polar surface area (TPSA) is 237 Å². The van der Waals surface area contributed by atoms with Gasteiger partial charge in [0.15, 0.2) is 12.2 Å². The quantitative estimate of drug-likeness (QED) is 0.0222. The van der Waals surface area contributed by atoms with E-state index in [9.17, 15) is 43.2 Å². The van der Waals surface area contributed by atoms with Gasteiger partial charge in [-0.2, -0.15) is 0 Å². The lowest BCUT2D eigenvalue weighted by atomic mass is 10.0. The van der Waals surface area contributed by atoms with Crippen LogP contribution in [0, 0.1) is 11.8 Å². The predicted octanol–water partition coefficient (Wildman–Crippen LogP) is 23.1. The third kappa shape index (κ3) is 72.2. The number of rotatable bonds is 77. The maximum Gasteiger partial charge on any atom is 0.472 e. The second-order valence-corrected chi connectivity index (χ2v) is 32.0. The molecule has 0 aliphatic carbocycles. The summed E-state index contributed by atoms with van der Waals surface area (Å²) in [5.74, 6) is -0.512. The van der Waals surface area contributed by atoms with E-state index in [1.54, 1.807) is 0 Å². The van der Waals surface area contributed by atoms with E-state index in [4.69, 9.17) is 37.0 Å². The molecule has 576 valence electrons. The zero-order chi connectivity index (χ0) is 71.4. The van der Waals surface area contributed by atoms with Crippen LogP contribution in [0.5, 0.6) is 0 Å². The highest BCUT2D eigenvalue weighted by Gasteiger charge is 2.30. The highest BCUT2D eigenvalue weighted by Crippen LogP contribution is 2.45. The molecule has 0 amide bonds. The number of esters is 4. The molecule has 0 aliphatic heterocycles. The van der Waals surface area contributed by atoms with Crippen molar-refractivity contribution in [2.45, 2.75) is 426 Å².